The SMILES string of the molecule is CCNC(=NCc1ccccc1CC)NCC(=O)Nc1ccc(F)c(F)c1F. The Bertz CT molecular complexity index is 855. The summed E-state index contributed by atoms with van der Waals surface area (Å²) in [5.41, 5.74) is 1.84. The Morgan fingerprint density at radius 1 is 0.964 bits per heavy atom. The van der Waals surface area contributed by atoms with Crippen LogP contribution in [0.25, 0.3) is 0 Å². The van der Waals surface area contributed by atoms with Crippen LogP contribution in [0, 0.1) is 17.5 Å². The molecule has 1 amide bonds. The van der Waals surface area contributed by atoms with Crippen molar-refractivity contribution < 1.29 is 18.0 Å². The first-order valence-electron chi connectivity index (χ1n) is 8.98. The molecule has 0 spiro atoms. The molecule has 0 unspecified atom stereocenters. The van der Waals surface area contributed by atoms with E-state index in [9.17, 15) is 18.0 Å². The van der Waals surface area contributed by atoms with E-state index in [1.54, 1.807) is 0 Å². The van der Waals surface area contributed by atoms with Gasteiger partial charge in [0.25, 0.3) is 0 Å². The zero-order valence-electron chi connectivity index (χ0n) is 15.8. The van der Waals surface area contributed by atoms with Crippen molar-refractivity contribution in [2.24, 2.45) is 4.99 Å². The fraction of sp³-hybridized carbons (Fsp3) is 0.300. The molecule has 2 rings (SSSR count). The molecule has 0 heterocycles. The van der Waals surface area contributed by atoms with Crippen LogP contribution in [0.4, 0.5) is 18.9 Å². The Morgan fingerprint density at radius 3 is 2.36 bits per heavy atom. The smallest absolute Gasteiger partial charge is 0.243 e. The molecular formula is C20H23F3N4O. The predicted molar refractivity (Wildman–Crippen MR) is 104 cm³/mol. The molecule has 3 N–H and O–H groups in total. The van der Waals surface area contributed by atoms with E-state index >= 15 is 0 Å². The molecule has 0 bridgehead atoms. The van der Waals surface area contributed by atoms with Gasteiger partial charge in [-0.15, -0.1) is 0 Å². The zero-order chi connectivity index (χ0) is 20.5. The van der Waals surface area contributed by atoms with E-state index in [2.05, 4.69) is 27.9 Å². The maximum absolute atomic E-state index is 13.6. The van der Waals surface area contributed by atoms with Crippen molar-refractivity contribution in [2.75, 3.05) is 18.4 Å². The van der Waals surface area contributed by atoms with Crippen LogP contribution >= 0.6 is 0 Å². The van der Waals surface area contributed by atoms with Gasteiger partial charge in [0.15, 0.2) is 23.4 Å². The van der Waals surface area contributed by atoms with Gasteiger partial charge in [0.2, 0.25) is 5.91 Å². The number of carbonyl (C=O) groups excluding carboxylic acids is 1. The highest BCUT2D eigenvalue weighted by Gasteiger charge is 2.15. The van der Waals surface area contributed by atoms with Gasteiger partial charge in [-0.1, -0.05) is 31.2 Å². The van der Waals surface area contributed by atoms with E-state index in [0.29, 0.717) is 19.0 Å². The van der Waals surface area contributed by atoms with Crippen molar-refractivity contribution in [1.29, 1.82) is 0 Å². The van der Waals surface area contributed by atoms with E-state index in [0.717, 1.165) is 24.1 Å². The molecule has 0 saturated heterocycles. The molecule has 2 aromatic carbocycles. The summed E-state index contributed by atoms with van der Waals surface area (Å²) in [5, 5.41) is 8.05. The monoisotopic (exact) mass is 392 g/mol. The van der Waals surface area contributed by atoms with Crippen molar-refractivity contribution >= 4 is 17.6 Å². The van der Waals surface area contributed by atoms with Crippen LogP contribution in [0.1, 0.15) is 25.0 Å². The van der Waals surface area contributed by atoms with Gasteiger partial charge >= 0.3 is 0 Å². The van der Waals surface area contributed by atoms with Gasteiger partial charge in [-0.25, -0.2) is 18.2 Å². The van der Waals surface area contributed by atoms with Gasteiger partial charge in [-0.2, -0.15) is 0 Å². The lowest BCUT2D eigenvalue weighted by Crippen LogP contribution is -2.41. The van der Waals surface area contributed by atoms with Crippen molar-refractivity contribution in [3.05, 3.63) is 65.0 Å². The highest BCUT2D eigenvalue weighted by molar-refractivity contribution is 5.95. The van der Waals surface area contributed by atoms with Crippen LogP contribution in [0.3, 0.4) is 0 Å². The fourth-order valence-electron chi connectivity index (χ4n) is 2.54. The molecule has 0 aliphatic carbocycles. The Labute approximate surface area is 162 Å². The maximum Gasteiger partial charge on any atom is 0.243 e. The topological polar surface area (TPSA) is 65.5 Å². The van der Waals surface area contributed by atoms with Crippen LogP contribution in [0.2, 0.25) is 0 Å². The van der Waals surface area contributed by atoms with E-state index in [1.165, 1.54) is 5.56 Å². The third kappa shape index (κ3) is 5.73. The number of hydrogen-bond donors (Lipinski definition) is 3. The summed E-state index contributed by atoms with van der Waals surface area (Å²) >= 11 is 0. The van der Waals surface area contributed by atoms with Gasteiger partial charge < -0.3 is 16.0 Å². The molecule has 8 heteroatoms. The number of aliphatic imine (C=N–C) groups is 1. The van der Waals surface area contributed by atoms with E-state index < -0.39 is 29.0 Å². The summed E-state index contributed by atoms with van der Waals surface area (Å²) in [4.78, 5) is 16.5. The van der Waals surface area contributed by atoms with Crippen LogP contribution in [0.5, 0.6) is 0 Å². The second-order valence-corrected chi connectivity index (χ2v) is 5.94. The molecule has 150 valence electrons. The summed E-state index contributed by atoms with van der Waals surface area (Å²) in [7, 11) is 0. The summed E-state index contributed by atoms with van der Waals surface area (Å²) in [6.45, 7) is 4.74. The number of carbonyl (C=O) groups is 1. The maximum atomic E-state index is 13.6. The molecule has 2 aromatic rings. The largest absolute Gasteiger partial charge is 0.357 e. The number of rotatable bonds is 7. The van der Waals surface area contributed by atoms with Gasteiger partial charge in [0, 0.05) is 6.54 Å². The third-order valence-electron chi connectivity index (χ3n) is 3.98. The standard InChI is InChI=1S/C20H23F3N4O/c1-3-13-7-5-6-8-14(13)11-25-20(24-4-2)26-12-17(28)27-16-10-9-15(21)18(22)19(16)23/h5-10H,3-4,11-12H2,1-2H3,(H,27,28)(H2,24,25,26). The van der Waals surface area contributed by atoms with Crippen molar-refractivity contribution in [2.45, 2.75) is 26.8 Å². The van der Waals surface area contributed by atoms with Crippen LogP contribution in [-0.2, 0) is 17.8 Å². The van der Waals surface area contributed by atoms with Crippen molar-refractivity contribution in [3.8, 4) is 0 Å². The minimum atomic E-state index is -1.63. The highest BCUT2D eigenvalue weighted by Crippen LogP contribution is 2.19. The number of hydrogen-bond acceptors (Lipinski definition) is 2. The molecule has 5 nitrogen and oxygen atoms in total. The Morgan fingerprint density at radius 2 is 1.68 bits per heavy atom. The van der Waals surface area contributed by atoms with E-state index in [4.69, 9.17) is 0 Å². The quantitative estimate of drug-likeness (QED) is 0.385. The first-order valence-corrected chi connectivity index (χ1v) is 8.98. The van der Waals surface area contributed by atoms with Gasteiger partial charge in [0.05, 0.1) is 18.8 Å². The molecule has 28 heavy (non-hydrogen) atoms. The third-order valence-corrected chi connectivity index (χ3v) is 3.98. The average Bonchev–Trinajstić information content (AvgIpc) is 2.70. The van der Waals surface area contributed by atoms with Crippen LogP contribution < -0.4 is 16.0 Å². The highest BCUT2D eigenvalue weighted by atomic mass is 19.2. The number of aryl methyl sites for hydroxylation is 1. The molecule has 0 aromatic heterocycles. The second-order valence-electron chi connectivity index (χ2n) is 5.94. The Kier molecular flexibility index (Phi) is 7.86. The Hall–Kier alpha value is -3.03. The Balaban J connectivity index is 1.98. The summed E-state index contributed by atoms with van der Waals surface area (Å²) in [5.74, 6) is -4.60. The molecule has 0 saturated carbocycles. The number of amides is 1. The normalized spacial score (nSPS) is 11.2. The summed E-state index contributed by atoms with van der Waals surface area (Å²) in [6, 6.07) is 9.65. The lowest BCUT2D eigenvalue weighted by atomic mass is 10.1. The fourth-order valence-corrected chi connectivity index (χ4v) is 2.54. The number of nitrogens with zero attached hydrogens (tertiary/aromatic N) is 1. The van der Waals surface area contributed by atoms with Crippen molar-refractivity contribution in [3.63, 3.8) is 0 Å². The predicted octanol–water partition coefficient (Wildman–Crippen LogP) is 3.36. The zero-order valence-corrected chi connectivity index (χ0v) is 15.8. The minimum Gasteiger partial charge on any atom is -0.357 e. The van der Waals surface area contributed by atoms with E-state index in [-0.39, 0.29) is 6.54 Å². The molecule has 0 aliphatic heterocycles. The molecule has 0 radical (unpaired) electrons. The molecule has 0 atom stereocenters. The number of halogens is 3. The second kappa shape index (κ2) is 10.3. The number of nitrogens with one attached hydrogen (secondary N) is 3. The minimum absolute atomic E-state index is 0.223. The molecule has 0 fully saturated rings. The lowest BCUT2D eigenvalue weighted by molar-refractivity contribution is -0.115. The van der Waals surface area contributed by atoms with Gasteiger partial charge in [-0.3, -0.25) is 4.79 Å². The van der Waals surface area contributed by atoms with Crippen LogP contribution in [0.15, 0.2) is 41.4 Å². The summed E-state index contributed by atoms with van der Waals surface area (Å²) in [6.07, 6.45) is 0.887. The van der Waals surface area contributed by atoms with Gasteiger partial charge in [0.1, 0.15) is 0 Å². The first-order chi connectivity index (χ1) is 13.5. The lowest BCUT2D eigenvalue weighted by Gasteiger charge is -2.13. The first kappa shape index (κ1) is 21.3. The number of guanidine groups is 1. The van der Waals surface area contributed by atoms with Gasteiger partial charge in [-0.05, 0) is 36.6 Å². The van der Waals surface area contributed by atoms with Crippen molar-refractivity contribution in [1.82, 2.24) is 10.6 Å². The molecule has 0 aliphatic rings. The average molecular weight is 392 g/mol. The number of anilines is 1. The van der Waals surface area contributed by atoms with E-state index in [1.807, 2.05) is 31.2 Å². The molecular weight excluding hydrogens is 369 g/mol. The summed E-state index contributed by atoms with van der Waals surface area (Å²) < 4.78 is 39.8. The van der Waals surface area contributed by atoms with Crippen LogP contribution in [-0.4, -0.2) is 25.0 Å². The number of benzene rings is 2.